The molecule has 1 fully saturated rings. The van der Waals surface area contributed by atoms with Crippen LogP contribution in [0.25, 0.3) is 0 Å². The summed E-state index contributed by atoms with van der Waals surface area (Å²) in [5, 5.41) is 0. The fraction of sp³-hybridized carbons (Fsp3) is 0.667. The van der Waals surface area contributed by atoms with Crippen LogP contribution >= 0.6 is 22.9 Å². The molecular formula is C15H20ClNOS. The van der Waals surface area contributed by atoms with E-state index in [4.69, 9.17) is 11.6 Å². The summed E-state index contributed by atoms with van der Waals surface area (Å²) in [7, 11) is 0. The van der Waals surface area contributed by atoms with E-state index in [1.54, 1.807) is 11.3 Å². The molecule has 0 aromatic carbocycles. The van der Waals surface area contributed by atoms with Crippen LogP contribution in [0.15, 0.2) is 6.07 Å². The Labute approximate surface area is 123 Å². The van der Waals surface area contributed by atoms with Crippen LogP contribution in [-0.4, -0.2) is 29.3 Å². The Hall–Kier alpha value is -0.540. The minimum absolute atomic E-state index is 0.209. The molecule has 1 aromatic rings. The lowest BCUT2D eigenvalue weighted by atomic mass is 10.1. The van der Waals surface area contributed by atoms with Gasteiger partial charge in [-0.2, -0.15) is 0 Å². The number of aryl methyl sites for hydroxylation is 2. The zero-order valence-electron chi connectivity index (χ0n) is 11.2. The zero-order valence-corrected chi connectivity index (χ0v) is 12.7. The number of carbonyl (C=O) groups is 1. The number of hydrogen-bond acceptors (Lipinski definition) is 2. The summed E-state index contributed by atoms with van der Waals surface area (Å²) in [6.45, 7) is 0.874. The molecule has 1 atom stereocenters. The van der Waals surface area contributed by atoms with Gasteiger partial charge in [0.25, 0.3) is 5.91 Å². The van der Waals surface area contributed by atoms with Crippen molar-refractivity contribution >= 4 is 28.8 Å². The molecule has 0 saturated carbocycles. The lowest BCUT2D eigenvalue weighted by Gasteiger charge is -2.22. The summed E-state index contributed by atoms with van der Waals surface area (Å²) in [5.74, 6) is 0.776. The van der Waals surface area contributed by atoms with E-state index in [9.17, 15) is 4.79 Å². The maximum absolute atomic E-state index is 12.6. The number of likely N-dealkylation sites (tertiary alicyclic amines) is 1. The van der Waals surface area contributed by atoms with Crippen molar-refractivity contribution in [2.75, 3.05) is 12.4 Å². The average Bonchev–Trinajstić information content (AvgIpc) is 3.00. The minimum Gasteiger partial charge on any atom is -0.334 e. The summed E-state index contributed by atoms with van der Waals surface area (Å²) in [4.78, 5) is 17.0. The van der Waals surface area contributed by atoms with E-state index < -0.39 is 0 Å². The smallest absolute Gasteiger partial charge is 0.264 e. The molecule has 0 N–H and O–H groups in total. The highest BCUT2D eigenvalue weighted by Crippen LogP contribution is 2.31. The van der Waals surface area contributed by atoms with Crippen LogP contribution in [0, 0.1) is 0 Å². The predicted octanol–water partition coefficient (Wildman–Crippen LogP) is 3.86. The summed E-state index contributed by atoms with van der Waals surface area (Å²) in [5.41, 5.74) is 1.42. The topological polar surface area (TPSA) is 20.3 Å². The van der Waals surface area contributed by atoms with Gasteiger partial charge >= 0.3 is 0 Å². The van der Waals surface area contributed by atoms with Gasteiger partial charge < -0.3 is 4.90 Å². The molecule has 0 bridgehead atoms. The van der Waals surface area contributed by atoms with Crippen molar-refractivity contribution in [3.8, 4) is 0 Å². The van der Waals surface area contributed by atoms with Gasteiger partial charge in [-0.3, -0.25) is 4.79 Å². The fourth-order valence-corrected chi connectivity index (χ4v) is 4.71. The van der Waals surface area contributed by atoms with E-state index in [2.05, 4.69) is 6.07 Å². The SMILES string of the molecule is O=C(c1cc2c(s1)CCCCC2)N1CCCC1CCl. The van der Waals surface area contributed by atoms with Crippen molar-refractivity contribution in [2.24, 2.45) is 0 Å². The number of fused-ring (bicyclic) bond motifs is 1. The van der Waals surface area contributed by atoms with Gasteiger partial charge in [0.2, 0.25) is 0 Å². The van der Waals surface area contributed by atoms with Crippen molar-refractivity contribution in [1.82, 2.24) is 4.90 Å². The lowest BCUT2D eigenvalue weighted by molar-refractivity contribution is 0.0754. The molecule has 3 rings (SSSR count). The van der Waals surface area contributed by atoms with Crippen LogP contribution in [0.3, 0.4) is 0 Å². The Kier molecular flexibility index (Phi) is 4.13. The van der Waals surface area contributed by atoms with Crippen LogP contribution in [0.5, 0.6) is 0 Å². The van der Waals surface area contributed by atoms with Gasteiger partial charge in [0, 0.05) is 23.3 Å². The fourth-order valence-electron chi connectivity index (χ4n) is 3.18. The second-order valence-electron chi connectivity index (χ2n) is 5.57. The monoisotopic (exact) mass is 297 g/mol. The van der Waals surface area contributed by atoms with E-state index in [0.717, 1.165) is 37.1 Å². The van der Waals surface area contributed by atoms with Gasteiger partial charge in [0.05, 0.1) is 4.88 Å². The first-order chi connectivity index (χ1) is 9.29. The van der Waals surface area contributed by atoms with Crippen molar-refractivity contribution in [3.63, 3.8) is 0 Å². The molecular weight excluding hydrogens is 278 g/mol. The summed E-state index contributed by atoms with van der Waals surface area (Å²) in [6, 6.07) is 2.40. The average molecular weight is 298 g/mol. The molecule has 2 heterocycles. The first kappa shape index (κ1) is 13.4. The second kappa shape index (κ2) is 5.84. The van der Waals surface area contributed by atoms with Gasteiger partial charge in [0.15, 0.2) is 0 Å². The number of amides is 1. The number of nitrogens with zero attached hydrogens (tertiary/aromatic N) is 1. The molecule has 2 nitrogen and oxygen atoms in total. The molecule has 0 spiro atoms. The number of rotatable bonds is 2. The van der Waals surface area contributed by atoms with E-state index in [0.29, 0.717) is 5.88 Å². The summed E-state index contributed by atoms with van der Waals surface area (Å²) >= 11 is 7.69. The molecule has 2 aliphatic rings. The molecule has 1 aromatic heterocycles. The molecule has 1 saturated heterocycles. The number of thiophene rings is 1. The standard InChI is InChI=1S/C15H20ClNOS/c16-10-12-6-4-8-17(12)15(18)14-9-11-5-2-1-3-7-13(11)19-14/h9,12H,1-8,10H2. The maximum Gasteiger partial charge on any atom is 0.264 e. The van der Waals surface area contributed by atoms with Crippen LogP contribution in [0.4, 0.5) is 0 Å². The third-order valence-electron chi connectivity index (χ3n) is 4.27. The quantitative estimate of drug-likeness (QED) is 0.599. The Morgan fingerprint density at radius 2 is 2.16 bits per heavy atom. The third kappa shape index (κ3) is 2.68. The second-order valence-corrected chi connectivity index (χ2v) is 7.01. The van der Waals surface area contributed by atoms with Gasteiger partial charge in [-0.25, -0.2) is 0 Å². The lowest BCUT2D eigenvalue weighted by Crippen LogP contribution is -2.36. The number of hydrogen-bond donors (Lipinski definition) is 0. The van der Waals surface area contributed by atoms with Gasteiger partial charge in [-0.1, -0.05) is 6.42 Å². The Morgan fingerprint density at radius 3 is 3.00 bits per heavy atom. The van der Waals surface area contributed by atoms with Crippen LogP contribution in [-0.2, 0) is 12.8 Å². The van der Waals surface area contributed by atoms with Crippen molar-refractivity contribution in [2.45, 2.75) is 51.0 Å². The van der Waals surface area contributed by atoms with Crippen LogP contribution in [0.2, 0.25) is 0 Å². The molecule has 4 heteroatoms. The summed E-state index contributed by atoms with van der Waals surface area (Å²) in [6.07, 6.45) is 8.32. The number of alkyl halides is 1. The minimum atomic E-state index is 0.209. The van der Waals surface area contributed by atoms with E-state index in [-0.39, 0.29) is 11.9 Å². The highest BCUT2D eigenvalue weighted by Gasteiger charge is 2.30. The molecule has 1 unspecified atom stereocenters. The third-order valence-corrected chi connectivity index (χ3v) is 5.85. The van der Waals surface area contributed by atoms with Gasteiger partial charge in [-0.15, -0.1) is 22.9 Å². The highest BCUT2D eigenvalue weighted by atomic mass is 35.5. The summed E-state index contributed by atoms with van der Waals surface area (Å²) < 4.78 is 0. The highest BCUT2D eigenvalue weighted by molar-refractivity contribution is 7.14. The largest absolute Gasteiger partial charge is 0.334 e. The Bertz CT molecular complexity index is 447. The molecule has 19 heavy (non-hydrogen) atoms. The van der Waals surface area contributed by atoms with Crippen molar-refractivity contribution in [1.29, 1.82) is 0 Å². The maximum atomic E-state index is 12.6. The van der Waals surface area contributed by atoms with Crippen LogP contribution < -0.4 is 0 Å². The van der Waals surface area contributed by atoms with Gasteiger partial charge in [-0.05, 0) is 50.2 Å². The van der Waals surface area contributed by atoms with Crippen molar-refractivity contribution in [3.05, 3.63) is 21.4 Å². The van der Waals surface area contributed by atoms with Crippen molar-refractivity contribution < 1.29 is 4.79 Å². The van der Waals surface area contributed by atoms with E-state index >= 15 is 0 Å². The first-order valence-corrected chi connectivity index (χ1v) is 8.63. The Balaban J connectivity index is 1.80. The molecule has 1 aliphatic carbocycles. The normalized spacial score (nSPS) is 23.2. The molecule has 1 aliphatic heterocycles. The molecule has 0 radical (unpaired) electrons. The zero-order chi connectivity index (χ0) is 13.2. The van der Waals surface area contributed by atoms with Crippen LogP contribution in [0.1, 0.15) is 52.2 Å². The molecule has 104 valence electrons. The van der Waals surface area contributed by atoms with Gasteiger partial charge in [0.1, 0.15) is 0 Å². The number of carbonyl (C=O) groups excluding carboxylic acids is 1. The predicted molar refractivity (Wildman–Crippen MR) is 80.4 cm³/mol. The molecule has 1 amide bonds. The van der Waals surface area contributed by atoms with E-state index in [1.165, 1.54) is 29.7 Å². The number of halogens is 1. The van der Waals surface area contributed by atoms with E-state index in [1.807, 2.05) is 4.90 Å². The Morgan fingerprint density at radius 1 is 1.32 bits per heavy atom. The first-order valence-electron chi connectivity index (χ1n) is 7.28.